The maximum absolute atomic E-state index is 5.78. The highest BCUT2D eigenvalue weighted by Crippen LogP contribution is 2.37. The van der Waals surface area contributed by atoms with Gasteiger partial charge in [-0.3, -0.25) is 0 Å². The molecule has 1 aromatic rings. The Morgan fingerprint density at radius 1 is 1.20 bits per heavy atom. The van der Waals surface area contributed by atoms with Crippen LogP contribution in [0.5, 0.6) is 0 Å². The van der Waals surface area contributed by atoms with Gasteiger partial charge in [0, 0.05) is 20.8 Å². The second-order valence-electron chi connectivity index (χ2n) is 5.29. The summed E-state index contributed by atoms with van der Waals surface area (Å²) in [5, 5.41) is 7.34. The molecule has 114 valence electrons. The summed E-state index contributed by atoms with van der Waals surface area (Å²) >= 11 is 0. The standard InChI is InChI=1S/C14H25N3O3/c1-18-10-9-15-11-12-16-13(17-20-12)14(19-2)7-5-3-4-6-8-14/h15H,3-11H2,1-2H3. The highest BCUT2D eigenvalue weighted by Gasteiger charge is 2.37. The lowest BCUT2D eigenvalue weighted by molar-refractivity contribution is -0.0365. The largest absolute Gasteiger partial charge is 0.383 e. The Labute approximate surface area is 120 Å². The van der Waals surface area contributed by atoms with Gasteiger partial charge in [0.2, 0.25) is 11.7 Å². The molecule has 20 heavy (non-hydrogen) atoms. The summed E-state index contributed by atoms with van der Waals surface area (Å²) in [4.78, 5) is 4.51. The Balaban J connectivity index is 1.98. The normalized spacial score (nSPS) is 18.9. The van der Waals surface area contributed by atoms with Crippen LogP contribution in [0.2, 0.25) is 0 Å². The molecule has 1 fully saturated rings. The van der Waals surface area contributed by atoms with Crippen molar-refractivity contribution in [2.24, 2.45) is 0 Å². The van der Waals surface area contributed by atoms with Gasteiger partial charge in [-0.25, -0.2) is 0 Å². The van der Waals surface area contributed by atoms with Crippen molar-refractivity contribution in [1.29, 1.82) is 0 Å². The molecule has 6 heteroatoms. The molecule has 0 aromatic carbocycles. The first-order valence-electron chi connectivity index (χ1n) is 7.38. The average Bonchev–Trinajstić information content (AvgIpc) is 2.81. The summed E-state index contributed by atoms with van der Waals surface area (Å²) in [6, 6.07) is 0. The summed E-state index contributed by atoms with van der Waals surface area (Å²) in [6.45, 7) is 2.00. The first kappa shape index (κ1) is 15.4. The molecule has 0 saturated heterocycles. The maximum atomic E-state index is 5.78. The van der Waals surface area contributed by atoms with E-state index in [-0.39, 0.29) is 5.60 Å². The Hall–Kier alpha value is -0.980. The van der Waals surface area contributed by atoms with Crippen molar-refractivity contribution in [2.75, 3.05) is 27.4 Å². The number of hydrogen-bond acceptors (Lipinski definition) is 6. The molecule has 6 nitrogen and oxygen atoms in total. The van der Waals surface area contributed by atoms with Crippen molar-refractivity contribution in [3.63, 3.8) is 0 Å². The van der Waals surface area contributed by atoms with Crippen molar-refractivity contribution in [3.8, 4) is 0 Å². The minimum absolute atomic E-state index is 0.356. The summed E-state index contributed by atoms with van der Waals surface area (Å²) in [5.41, 5.74) is -0.356. The second kappa shape index (κ2) is 7.71. The number of methoxy groups -OCH3 is 2. The van der Waals surface area contributed by atoms with Crippen LogP contribution in [-0.2, 0) is 21.6 Å². The van der Waals surface area contributed by atoms with E-state index in [9.17, 15) is 0 Å². The predicted molar refractivity (Wildman–Crippen MR) is 74.3 cm³/mol. The number of ether oxygens (including phenoxy) is 2. The van der Waals surface area contributed by atoms with E-state index in [0.29, 0.717) is 24.9 Å². The SMILES string of the molecule is COCCNCc1nc(C2(OC)CCCCCC2)no1. The fourth-order valence-electron chi connectivity index (χ4n) is 2.70. The maximum Gasteiger partial charge on any atom is 0.240 e. The monoisotopic (exact) mass is 283 g/mol. The summed E-state index contributed by atoms with van der Waals surface area (Å²) in [7, 11) is 3.43. The van der Waals surface area contributed by atoms with Crippen LogP contribution >= 0.6 is 0 Å². The van der Waals surface area contributed by atoms with Crippen LogP contribution in [0.3, 0.4) is 0 Å². The minimum Gasteiger partial charge on any atom is -0.383 e. The third-order valence-electron chi connectivity index (χ3n) is 3.94. The Kier molecular flexibility index (Phi) is 5.94. The molecular weight excluding hydrogens is 258 g/mol. The average molecular weight is 283 g/mol. The lowest BCUT2D eigenvalue weighted by atomic mass is 9.93. The highest BCUT2D eigenvalue weighted by atomic mass is 16.5. The van der Waals surface area contributed by atoms with Gasteiger partial charge < -0.3 is 19.3 Å². The molecule has 0 bridgehead atoms. The van der Waals surface area contributed by atoms with E-state index in [4.69, 9.17) is 14.0 Å². The first-order chi connectivity index (χ1) is 9.80. The molecule has 0 atom stereocenters. The van der Waals surface area contributed by atoms with E-state index in [1.165, 1.54) is 12.8 Å². The molecule has 1 aliphatic rings. The molecule has 0 spiro atoms. The smallest absolute Gasteiger partial charge is 0.240 e. The van der Waals surface area contributed by atoms with Crippen molar-refractivity contribution < 1.29 is 14.0 Å². The van der Waals surface area contributed by atoms with Gasteiger partial charge in [0.05, 0.1) is 13.2 Å². The zero-order chi connectivity index (χ0) is 14.3. The van der Waals surface area contributed by atoms with Crippen LogP contribution in [0.4, 0.5) is 0 Å². The van der Waals surface area contributed by atoms with Gasteiger partial charge in [-0.1, -0.05) is 30.8 Å². The van der Waals surface area contributed by atoms with Crippen molar-refractivity contribution in [3.05, 3.63) is 11.7 Å². The molecular formula is C14H25N3O3. The molecule has 0 unspecified atom stereocenters. The van der Waals surface area contributed by atoms with Gasteiger partial charge in [-0.2, -0.15) is 4.98 Å². The molecule has 0 aliphatic heterocycles. The van der Waals surface area contributed by atoms with Gasteiger partial charge in [0.1, 0.15) is 5.60 Å². The fourth-order valence-corrected chi connectivity index (χ4v) is 2.70. The first-order valence-corrected chi connectivity index (χ1v) is 7.38. The van der Waals surface area contributed by atoms with Crippen molar-refractivity contribution in [1.82, 2.24) is 15.5 Å². The molecule has 1 aromatic heterocycles. The molecule has 1 N–H and O–H groups in total. The van der Waals surface area contributed by atoms with Crippen LogP contribution in [0.1, 0.15) is 50.2 Å². The number of nitrogens with one attached hydrogen (secondary N) is 1. The number of nitrogens with zero attached hydrogens (tertiary/aromatic N) is 2. The van der Waals surface area contributed by atoms with Crippen molar-refractivity contribution in [2.45, 2.75) is 50.7 Å². The Morgan fingerprint density at radius 3 is 2.60 bits per heavy atom. The molecule has 1 saturated carbocycles. The third kappa shape index (κ3) is 3.77. The lowest BCUT2D eigenvalue weighted by Gasteiger charge is -2.27. The second-order valence-corrected chi connectivity index (χ2v) is 5.29. The van der Waals surface area contributed by atoms with E-state index in [2.05, 4.69) is 15.5 Å². The molecule has 2 rings (SSSR count). The number of rotatable bonds is 7. The summed E-state index contributed by atoms with van der Waals surface area (Å²) in [6.07, 6.45) is 6.77. The Bertz CT molecular complexity index is 387. The zero-order valence-corrected chi connectivity index (χ0v) is 12.5. The van der Waals surface area contributed by atoms with Crippen molar-refractivity contribution >= 4 is 0 Å². The van der Waals surface area contributed by atoms with Gasteiger partial charge in [0.25, 0.3) is 0 Å². The van der Waals surface area contributed by atoms with Gasteiger partial charge in [-0.15, -0.1) is 0 Å². The summed E-state index contributed by atoms with van der Waals surface area (Å²) in [5.74, 6) is 1.31. The number of hydrogen-bond donors (Lipinski definition) is 1. The van der Waals surface area contributed by atoms with E-state index in [0.717, 1.165) is 32.2 Å². The fraction of sp³-hybridized carbons (Fsp3) is 0.857. The van der Waals surface area contributed by atoms with Gasteiger partial charge >= 0.3 is 0 Å². The van der Waals surface area contributed by atoms with Gasteiger partial charge in [-0.05, 0) is 12.8 Å². The Morgan fingerprint density at radius 2 is 1.95 bits per heavy atom. The third-order valence-corrected chi connectivity index (χ3v) is 3.94. The molecule has 0 radical (unpaired) electrons. The quantitative estimate of drug-likeness (QED) is 0.609. The molecule has 1 heterocycles. The summed E-state index contributed by atoms with van der Waals surface area (Å²) < 4.78 is 16.1. The van der Waals surface area contributed by atoms with E-state index < -0.39 is 0 Å². The van der Waals surface area contributed by atoms with E-state index in [1.807, 2.05) is 0 Å². The topological polar surface area (TPSA) is 69.4 Å². The van der Waals surface area contributed by atoms with Crippen LogP contribution in [0.15, 0.2) is 4.52 Å². The van der Waals surface area contributed by atoms with Gasteiger partial charge in [0.15, 0.2) is 0 Å². The van der Waals surface area contributed by atoms with Crippen LogP contribution in [0.25, 0.3) is 0 Å². The predicted octanol–water partition coefficient (Wildman–Crippen LogP) is 2.00. The molecule has 0 amide bonds. The zero-order valence-electron chi connectivity index (χ0n) is 12.5. The van der Waals surface area contributed by atoms with E-state index >= 15 is 0 Å². The van der Waals surface area contributed by atoms with Crippen LogP contribution in [0, 0.1) is 0 Å². The molecule has 1 aliphatic carbocycles. The lowest BCUT2D eigenvalue weighted by Crippen LogP contribution is -2.29. The highest BCUT2D eigenvalue weighted by molar-refractivity contribution is 5.02. The number of aromatic nitrogens is 2. The van der Waals surface area contributed by atoms with Crippen LogP contribution < -0.4 is 5.32 Å². The van der Waals surface area contributed by atoms with Crippen LogP contribution in [-0.4, -0.2) is 37.5 Å². The minimum atomic E-state index is -0.356. The van der Waals surface area contributed by atoms with E-state index in [1.54, 1.807) is 14.2 Å².